The van der Waals surface area contributed by atoms with Gasteiger partial charge in [-0.3, -0.25) is 14.2 Å². The first-order valence-corrected chi connectivity index (χ1v) is 9.89. The Hall–Kier alpha value is -2.11. The van der Waals surface area contributed by atoms with Crippen LogP contribution in [0.1, 0.15) is 25.7 Å². The van der Waals surface area contributed by atoms with E-state index in [2.05, 4.69) is 22.9 Å². The van der Waals surface area contributed by atoms with Crippen molar-refractivity contribution in [1.29, 1.82) is 5.26 Å². The van der Waals surface area contributed by atoms with Gasteiger partial charge in [0.15, 0.2) is 5.16 Å². The quantitative estimate of drug-likeness (QED) is 0.477. The lowest BCUT2D eigenvalue weighted by molar-refractivity contribution is -0.119. The van der Waals surface area contributed by atoms with E-state index in [0.29, 0.717) is 34.8 Å². The average Bonchev–Trinajstić information content (AvgIpc) is 3.26. The summed E-state index contributed by atoms with van der Waals surface area (Å²) in [7, 11) is 0. The van der Waals surface area contributed by atoms with Gasteiger partial charge in [-0.25, -0.2) is 4.98 Å². The zero-order chi connectivity index (χ0) is 17.9. The van der Waals surface area contributed by atoms with Gasteiger partial charge in [-0.05, 0) is 37.1 Å². The van der Waals surface area contributed by atoms with E-state index in [1.54, 1.807) is 12.1 Å². The molecule has 2 aromatic rings. The number of rotatable bonds is 6. The molecule has 1 aliphatic carbocycles. The van der Waals surface area contributed by atoms with E-state index in [4.69, 9.17) is 0 Å². The fourth-order valence-corrected chi connectivity index (χ4v) is 4.62. The second-order valence-electron chi connectivity index (χ2n) is 5.98. The van der Waals surface area contributed by atoms with E-state index in [-0.39, 0.29) is 17.2 Å². The number of hydrogen-bond donors (Lipinski definition) is 1. The molecule has 0 radical (unpaired) electrons. The highest BCUT2D eigenvalue weighted by Crippen LogP contribution is 2.29. The highest BCUT2D eigenvalue weighted by Gasteiger charge is 2.35. The van der Waals surface area contributed by atoms with Crippen molar-refractivity contribution < 1.29 is 4.79 Å². The van der Waals surface area contributed by atoms with Crippen molar-refractivity contribution in [2.45, 2.75) is 42.9 Å². The topological polar surface area (TPSA) is 87.8 Å². The third-order valence-electron chi connectivity index (χ3n) is 4.24. The zero-order valence-corrected chi connectivity index (χ0v) is 15.3. The number of amides is 1. The van der Waals surface area contributed by atoms with Crippen molar-refractivity contribution in [3.63, 3.8) is 0 Å². The Morgan fingerprint density at radius 2 is 2.32 bits per heavy atom. The molecule has 2 aromatic heterocycles. The smallest absolute Gasteiger partial charge is 0.263 e. The molecule has 0 aromatic carbocycles. The maximum absolute atomic E-state index is 12.5. The average molecular weight is 374 g/mol. The summed E-state index contributed by atoms with van der Waals surface area (Å²) in [5.41, 5.74) is -0.859. The van der Waals surface area contributed by atoms with Crippen molar-refractivity contribution in [2.24, 2.45) is 0 Å². The normalized spacial score (nSPS) is 15.8. The van der Waals surface area contributed by atoms with Crippen LogP contribution in [0.3, 0.4) is 0 Å². The molecule has 0 unspecified atom stereocenters. The number of carbonyl (C=O) groups is 1. The number of allylic oxidation sites excluding steroid dienone is 1. The molecule has 1 saturated carbocycles. The predicted octanol–water partition coefficient (Wildman–Crippen LogP) is 2.69. The summed E-state index contributed by atoms with van der Waals surface area (Å²) in [6, 6.07) is 4.00. The Balaban J connectivity index is 1.77. The van der Waals surface area contributed by atoms with Crippen LogP contribution < -0.4 is 10.9 Å². The summed E-state index contributed by atoms with van der Waals surface area (Å²) in [4.78, 5) is 30.0. The number of fused-ring (bicyclic) bond motifs is 1. The lowest BCUT2D eigenvalue weighted by atomic mass is 10.0. The van der Waals surface area contributed by atoms with E-state index in [0.717, 1.165) is 12.8 Å². The molecule has 0 atom stereocenters. The van der Waals surface area contributed by atoms with E-state index in [1.807, 2.05) is 5.38 Å². The van der Waals surface area contributed by atoms with Gasteiger partial charge in [0.05, 0.1) is 17.2 Å². The molecule has 130 valence electrons. The highest BCUT2D eigenvalue weighted by molar-refractivity contribution is 7.99. The summed E-state index contributed by atoms with van der Waals surface area (Å²) in [5, 5.41) is 15.1. The molecule has 0 spiro atoms. The number of carbonyl (C=O) groups excluding carboxylic acids is 1. The number of nitrogens with zero attached hydrogens (tertiary/aromatic N) is 3. The number of thiophene rings is 1. The summed E-state index contributed by atoms with van der Waals surface area (Å²) in [6.07, 6.45) is 4.93. The maximum atomic E-state index is 12.5. The number of nitrogens with one attached hydrogen (secondary N) is 1. The first-order chi connectivity index (χ1) is 12.1. The molecule has 0 aliphatic heterocycles. The molecular formula is C17H18N4O2S2. The standard InChI is InChI=1S/C17H18N4O2S2/c1-2-8-21-15(23)12-5-9-24-14(12)19-16(21)25-10-13(22)20-17(11-18)6-3-4-7-17/h2,5,9H,1,3-4,6-8,10H2,(H,20,22). The molecule has 1 fully saturated rings. The van der Waals surface area contributed by atoms with Crippen molar-refractivity contribution >= 4 is 39.2 Å². The van der Waals surface area contributed by atoms with Crippen molar-refractivity contribution in [2.75, 3.05) is 5.75 Å². The monoisotopic (exact) mass is 374 g/mol. The summed E-state index contributed by atoms with van der Waals surface area (Å²) in [5.74, 6) is -0.0942. The molecule has 1 N–H and O–H groups in total. The second kappa shape index (κ2) is 7.42. The maximum Gasteiger partial charge on any atom is 0.263 e. The van der Waals surface area contributed by atoms with Gasteiger partial charge < -0.3 is 5.32 Å². The molecule has 6 nitrogen and oxygen atoms in total. The van der Waals surface area contributed by atoms with E-state index >= 15 is 0 Å². The fraction of sp³-hybridized carbons (Fsp3) is 0.412. The minimum atomic E-state index is -0.733. The van der Waals surface area contributed by atoms with Gasteiger partial charge in [-0.2, -0.15) is 5.26 Å². The van der Waals surface area contributed by atoms with Gasteiger partial charge in [0, 0.05) is 6.54 Å². The van der Waals surface area contributed by atoms with Gasteiger partial charge in [0.25, 0.3) is 5.56 Å². The molecule has 1 amide bonds. The summed E-state index contributed by atoms with van der Waals surface area (Å²) < 4.78 is 1.52. The van der Waals surface area contributed by atoms with Crippen molar-refractivity contribution in [3.05, 3.63) is 34.5 Å². The SMILES string of the molecule is C=CCn1c(SCC(=O)NC2(C#N)CCCC2)nc2sccc2c1=O. The number of aromatic nitrogens is 2. The van der Waals surface area contributed by atoms with Gasteiger partial charge in [0.2, 0.25) is 5.91 Å². The van der Waals surface area contributed by atoms with E-state index in [1.165, 1.54) is 27.7 Å². The Morgan fingerprint density at radius 1 is 1.56 bits per heavy atom. The zero-order valence-electron chi connectivity index (χ0n) is 13.7. The minimum absolute atomic E-state index is 0.115. The number of hydrogen-bond acceptors (Lipinski definition) is 6. The summed E-state index contributed by atoms with van der Waals surface area (Å²) in [6.45, 7) is 4.02. The van der Waals surface area contributed by atoms with Crippen molar-refractivity contribution in [1.82, 2.24) is 14.9 Å². The molecular weight excluding hydrogens is 356 g/mol. The summed E-state index contributed by atoms with van der Waals surface area (Å²) >= 11 is 2.61. The third kappa shape index (κ3) is 3.62. The lowest BCUT2D eigenvalue weighted by Gasteiger charge is -2.21. The molecule has 2 heterocycles. The predicted molar refractivity (Wildman–Crippen MR) is 99.8 cm³/mol. The van der Waals surface area contributed by atoms with Crippen LogP contribution in [0.5, 0.6) is 0 Å². The van der Waals surface area contributed by atoms with Gasteiger partial charge in [-0.15, -0.1) is 17.9 Å². The lowest BCUT2D eigenvalue weighted by Crippen LogP contribution is -2.45. The van der Waals surface area contributed by atoms with Crippen LogP contribution in [0.4, 0.5) is 0 Å². The minimum Gasteiger partial charge on any atom is -0.337 e. The van der Waals surface area contributed by atoms with Gasteiger partial charge in [-0.1, -0.05) is 17.8 Å². The third-order valence-corrected chi connectivity index (χ3v) is 6.03. The Labute approximate surface area is 153 Å². The fourth-order valence-electron chi connectivity index (χ4n) is 3.01. The Morgan fingerprint density at radius 3 is 3.00 bits per heavy atom. The molecule has 8 heteroatoms. The largest absolute Gasteiger partial charge is 0.337 e. The van der Waals surface area contributed by atoms with Gasteiger partial charge in [0.1, 0.15) is 10.4 Å². The van der Waals surface area contributed by atoms with Crippen molar-refractivity contribution in [3.8, 4) is 6.07 Å². The number of nitriles is 1. The van der Waals surface area contributed by atoms with Crippen LogP contribution in [0.15, 0.2) is 34.1 Å². The molecule has 1 aliphatic rings. The van der Waals surface area contributed by atoms with Crippen LogP contribution >= 0.6 is 23.1 Å². The van der Waals surface area contributed by atoms with Crippen LogP contribution in [-0.4, -0.2) is 26.8 Å². The molecule has 0 bridgehead atoms. The molecule has 0 saturated heterocycles. The van der Waals surface area contributed by atoms with Crippen LogP contribution in [0, 0.1) is 11.3 Å². The number of thioether (sulfide) groups is 1. The van der Waals surface area contributed by atoms with Crippen LogP contribution in [0.25, 0.3) is 10.2 Å². The molecule has 25 heavy (non-hydrogen) atoms. The van der Waals surface area contributed by atoms with Gasteiger partial charge >= 0.3 is 0 Å². The van der Waals surface area contributed by atoms with Crippen LogP contribution in [-0.2, 0) is 11.3 Å². The molecule has 3 rings (SSSR count). The Bertz CT molecular complexity index is 903. The van der Waals surface area contributed by atoms with Crippen LogP contribution in [0.2, 0.25) is 0 Å². The first kappa shape index (κ1) is 17.7. The Kier molecular flexibility index (Phi) is 5.25. The highest BCUT2D eigenvalue weighted by atomic mass is 32.2. The second-order valence-corrected chi connectivity index (χ2v) is 7.81. The van der Waals surface area contributed by atoms with E-state index < -0.39 is 5.54 Å². The van der Waals surface area contributed by atoms with E-state index in [9.17, 15) is 14.9 Å². The first-order valence-electron chi connectivity index (χ1n) is 8.02.